The van der Waals surface area contributed by atoms with E-state index in [9.17, 15) is 0 Å². The molecule has 3 N–H and O–H groups in total. The van der Waals surface area contributed by atoms with E-state index in [-0.39, 0.29) is 11.5 Å². The molecule has 0 aliphatic heterocycles. The van der Waals surface area contributed by atoms with Gasteiger partial charge in [-0.25, -0.2) is 9.97 Å². The maximum Gasteiger partial charge on any atom is 0.135 e. The minimum atomic E-state index is -0.0280. The first-order chi connectivity index (χ1) is 7.20. The molecule has 16 heavy (non-hydrogen) atoms. The van der Waals surface area contributed by atoms with E-state index >= 15 is 0 Å². The maximum absolute atomic E-state index is 5.89. The highest BCUT2D eigenvalue weighted by atomic mass is 15.1. The molecule has 4 heteroatoms. The Hall–Kier alpha value is -1.32. The fourth-order valence-electron chi connectivity index (χ4n) is 1.29. The molecule has 0 aliphatic rings. The SMILES string of the molecule is Cc1c(N)nc(C(C)C)nc1NC(C)(C)C. The van der Waals surface area contributed by atoms with Crippen molar-refractivity contribution >= 4 is 11.6 Å². The smallest absolute Gasteiger partial charge is 0.135 e. The number of nitrogen functional groups attached to an aromatic ring is 1. The zero-order chi connectivity index (χ0) is 12.5. The van der Waals surface area contributed by atoms with Gasteiger partial charge in [0.2, 0.25) is 0 Å². The summed E-state index contributed by atoms with van der Waals surface area (Å²) in [7, 11) is 0. The van der Waals surface area contributed by atoms with E-state index in [2.05, 4.69) is 49.9 Å². The summed E-state index contributed by atoms with van der Waals surface area (Å²) < 4.78 is 0. The van der Waals surface area contributed by atoms with Crippen molar-refractivity contribution in [3.8, 4) is 0 Å². The zero-order valence-corrected chi connectivity index (χ0v) is 11.0. The first-order valence-corrected chi connectivity index (χ1v) is 5.63. The number of nitrogens with one attached hydrogen (secondary N) is 1. The van der Waals surface area contributed by atoms with Crippen molar-refractivity contribution in [2.45, 2.75) is 53.0 Å². The summed E-state index contributed by atoms with van der Waals surface area (Å²) in [4.78, 5) is 8.81. The highest BCUT2D eigenvalue weighted by Gasteiger charge is 2.16. The molecule has 0 saturated heterocycles. The summed E-state index contributed by atoms with van der Waals surface area (Å²) in [6.45, 7) is 12.4. The van der Waals surface area contributed by atoms with Gasteiger partial charge in [0.05, 0.1) is 0 Å². The first-order valence-electron chi connectivity index (χ1n) is 5.63. The van der Waals surface area contributed by atoms with Gasteiger partial charge in [0, 0.05) is 17.0 Å². The standard InChI is InChI=1S/C12H22N4/c1-7(2)10-14-9(13)8(3)11(15-10)16-12(4,5)6/h7H,1-6H3,(H3,13,14,15,16). The summed E-state index contributed by atoms with van der Waals surface area (Å²) in [5.74, 6) is 2.47. The van der Waals surface area contributed by atoms with Gasteiger partial charge in [0.15, 0.2) is 0 Å². The molecule has 1 heterocycles. The van der Waals surface area contributed by atoms with Gasteiger partial charge in [-0.1, -0.05) is 13.8 Å². The van der Waals surface area contributed by atoms with E-state index in [0.29, 0.717) is 5.82 Å². The minimum absolute atomic E-state index is 0.0280. The molecular formula is C12H22N4. The van der Waals surface area contributed by atoms with Crippen molar-refractivity contribution in [2.24, 2.45) is 0 Å². The predicted octanol–water partition coefficient (Wildman–Crippen LogP) is 2.70. The van der Waals surface area contributed by atoms with E-state index in [1.54, 1.807) is 0 Å². The van der Waals surface area contributed by atoms with Crippen molar-refractivity contribution in [3.05, 3.63) is 11.4 Å². The lowest BCUT2D eigenvalue weighted by molar-refractivity contribution is 0.626. The fourth-order valence-corrected chi connectivity index (χ4v) is 1.29. The quantitative estimate of drug-likeness (QED) is 0.807. The topological polar surface area (TPSA) is 63.8 Å². The third-order valence-electron chi connectivity index (χ3n) is 2.21. The molecule has 1 aromatic rings. The van der Waals surface area contributed by atoms with Crippen LogP contribution in [-0.2, 0) is 0 Å². The Morgan fingerprint density at radius 2 is 1.75 bits per heavy atom. The van der Waals surface area contributed by atoms with Gasteiger partial charge in [-0.15, -0.1) is 0 Å². The van der Waals surface area contributed by atoms with Crippen LogP contribution in [0.25, 0.3) is 0 Å². The third-order valence-corrected chi connectivity index (χ3v) is 2.21. The highest BCUT2D eigenvalue weighted by Crippen LogP contribution is 2.23. The summed E-state index contributed by atoms with van der Waals surface area (Å²) >= 11 is 0. The summed E-state index contributed by atoms with van der Waals surface area (Å²) in [6, 6.07) is 0. The Morgan fingerprint density at radius 3 is 2.19 bits per heavy atom. The number of nitrogens with zero attached hydrogens (tertiary/aromatic N) is 2. The average molecular weight is 222 g/mol. The van der Waals surface area contributed by atoms with Crippen LogP contribution in [0.5, 0.6) is 0 Å². The second-order valence-electron chi connectivity index (χ2n) is 5.47. The van der Waals surface area contributed by atoms with Crippen LogP contribution in [0.1, 0.15) is 51.9 Å². The molecule has 0 radical (unpaired) electrons. The lowest BCUT2D eigenvalue weighted by Gasteiger charge is -2.23. The monoisotopic (exact) mass is 222 g/mol. The van der Waals surface area contributed by atoms with Gasteiger partial charge >= 0.3 is 0 Å². The van der Waals surface area contributed by atoms with E-state index in [1.165, 1.54) is 0 Å². The number of anilines is 2. The van der Waals surface area contributed by atoms with Crippen LogP contribution in [-0.4, -0.2) is 15.5 Å². The molecule has 0 bridgehead atoms. The molecular weight excluding hydrogens is 200 g/mol. The summed E-state index contributed by atoms with van der Waals surface area (Å²) in [6.07, 6.45) is 0. The number of hydrogen-bond acceptors (Lipinski definition) is 4. The van der Waals surface area contributed by atoms with E-state index in [4.69, 9.17) is 5.73 Å². The molecule has 0 fully saturated rings. The molecule has 4 nitrogen and oxygen atoms in total. The Morgan fingerprint density at radius 1 is 1.19 bits per heavy atom. The van der Waals surface area contributed by atoms with Gasteiger partial charge in [0.25, 0.3) is 0 Å². The normalized spacial score (nSPS) is 11.9. The van der Waals surface area contributed by atoms with E-state index in [1.807, 2.05) is 6.92 Å². The van der Waals surface area contributed by atoms with Gasteiger partial charge in [0.1, 0.15) is 17.5 Å². The second-order valence-corrected chi connectivity index (χ2v) is 5.47. The average Bonchev–Trinajstić information content (AvgIpc) is 2.10. The van der Waals surface area contributed by atoms with Crippen LogP contribution < -0.4 is 11.1 Å². The van der Waals surface area contributed by atoms with Crippen molar-refractivity contribution in [2.75, 3.05) is 11.1 Å². The lowest BCUT2D eigenvalue weighted by Crippen LogP contribution is -2.28. The molecule has 0 atom stereocenters. The zero-order valence-electron chi connectivity index (χ0n) is 11.0. The molecule has 90 valence electrons. The van der Waals surface area contributed by atoms with Crippen LogP contribution in [0.2, 0.25) is 0 Å². The van der Waals surface area contributed by atoms with E-state index in [0.717, 1.165) is 17.2 Å². The van der Waals surface area contributed by atoms with Crippen molar-refractivity contribution < 1.29 is 0 Å². The summed E-state index contributed by atoms with van der Waals surface area (Å²) in [5, 5.41) is 3.35. The molecule has 1 rings (SSSR count). The minimum Gasteiger partial charge on any atom is -0.383 e. The van der Waals surface area contributed by atoms with Gasteiger partial charge in [-0.05, 0) is 27.7 Å². The van der Waals surface area contributed by atoms with Crippen molar-refractivity contribution in [3.63, 3.8) is 0 Å². The predicted molar refractivity (Wildman–Crippen MR) is 68.6 cm³/mol. The fraction of sp³-hybridized carbons (Fsp3) is 0.667. The molecule has 0 saturated carbocycles. The molecule has 1 aromatic heterocycles. The van der Waals surface area contributed by atoms with Gasteiger partial charge in [-0.3, -0.25) is 0 Å². The Balaban J connectivity index is 3.17. The lowest BCUT2D eigenvalue weighted by atomic mass is 10.1. The highest BCUT2D eigenvalue weighted by molar-refractivity contribution is 5.55. The molecule has 0 aromatic carbocycles. The van der Waals surface area contributed by atoms with Crippen LogP contribution in [0, 0.1) is 6.92 Å². The first kappa shape index (κ1) is 12.7. The maximum atomic E-state index is 5.89. The van der Waals surface area contributed by atoms with Crippen LogP contribution in [0.4, 0.5) is 11.6 Å². The number of nitrogens with two attached hydrogens (primary N) is 1. The molecule has 0 spiro atoms. The Labute approximate surface area is 97.7 Å². The molecule has 0 amide bonds. The van der Waals surface area contributed by atoms with Gasteiger partial charge < -0.3 is 11.1 Å². The number of hydrogen-bond donors (Lipinski definition) is 2. The van der Waals surface area contributed by atoms with Crippen LogP contribution >= 0.6 is 0 Å². The Kier molecular flexibility index (Phi) is 3.41. The van der Waals surface area contributed by atoms with Crippen LogP contribution in [0.3, 0.4) is 0 Å². The second kappa shape index (κ2) is 4.28. The number of aromatic nitrogens is 2. The van der Waals surface area contributed by atoms with Crippen molar-refractivity contribution in [1.82, 2.24) is 9.97 Å². The van der Waals surface area contributed by atoms with Crippen LogP contribution in [0.15, 0.2) is 0 Å². The molecule has 0 aliphatic carbocycles. The number of rotatable bonds is 2. The van der Waals surface area contributed by atoms with Gasteiger partial charge in [-0.2, -0.15) is 0 Å². The summed E-state index contributed by atoms with van der Waals surface area (Å²) in [5.41, 5.74) is 6.78. The van der Waals surface area contributed by atoms with E-state index < -0.39 is 0 Å². The molecule has 0 unspecified atom stereocenters. The third kappa shape index (κ3) is 3.08. The van der Waals surface area contributed by atoms with Crippen molar-refractivity contribution in [1.29, 1.82) is 0 Å². The largest absolute Gasteiger partial charge is 0.383 e. The Bertz CT molecular complexity index is 377.